The van der Waals surface area contributed by atoms with Crippen molar-refractivity contribution in [3.8, 4) is 0 Å². The summed E-state index contributed by atoms with van der Waals surface area (Å²) in [5.41, 5.74) is 5.73. The summed E-state index contributed by atoms with van der Waals surface area (Å²) < 4.78 is 0. The predicted molar refractivity (Wildman–Crippen MR) is 57.9 cm³/mol. The van der Waals surface area contributed by atoms with Crippen LogP contribution in [0.4, 0.5) is 0 Å². The molecule has 0 amide bonds. The van der Waals surface area contributed by atoms with Crippen molar-refractivity contribution in [3.63, 3.8) is 0 Å². The van der Waals surface area contributed by atoms with Gasteiger partial charge in [0.2, 0.25) is 0 Å². The Kier molecular flexibility index (Phi) is 3.09. The van der Waals surface area contributed by atoms with Crippen LogP contribution in [0.15, 0.2) is 6.20 Å². The summed E-state index contributed by atoms with van der Waals surface area (Å²) in [5.74, 6) is 0.667. The third kappa shape index (κ3) is 3.08. The van der Waals surface area contributed by atoms with Gasteiger partial charge in [0.1, 0.15) is 0 Å². The van der Waals surface area contributed by atoms with Gasteiger partial charge in [-0.3, -0.25) is 0 Å². The molecule has 1 aromatic rings. The van der Waals surface area contributed by atoms with Crippen LogP contribution >= 0.6 is 11.3 Å². The van der Waals surface area contributed by atoms with E-state index in [2.05, 4.69) is 18.8 Å². The highest BCUT2D eigenvalue weighted by Crippen LogP contribution is 2.24. The van der Waals surface area contributed by atoms with Crippen molar-refractivity contribution in [2.24, 2.45) is 11.7 Å². The Bertz CT molecular complexity index is 271. The van der Waals surface area contributed by atoms with E-state index in [4.69, 9.17) is 5.73 Å². The molecule has 1 aromatic heterocycles. The number of rotatable bonds is 3. The van der Waals surface area contributed by atoms with Gasteiger partial charge < -0.3 is 5.73 Å². The molecule has 0 spiro atoms. The summed E-state index contributed by atoms with van der Waals surface area (Å²) in [7, 11) is 0. The Morgan fingerprint density at radius 1 is 1.54 bits per heavy atom. The molecular weight excluding hydrogens is 180 g/mol. The van der Waals surface area contributed by atoms with Crippen LogP contribution in [-0.4, -0.2) is 4.98 Å². The molecule has 0 fully saturated rings. The van der Waals surface area contributed by atoms with Crippen LogP contribution in [0, 0.1) is 5.92 Å². The molecule has 1 rings (SSSR count). The highest BCUT2D eigenvalue weighted by atomic mass is 32.1. The fraction of sp³-hybridized carbons (Fsp3) is 0.700. The highest BCUT2D eigenvalue weighted by Gasteiger charge is 2.17. The van der Waals surface area contributed by atoms with E-state index >= 15 is 0 Å². The molecule has 3 heteroatoms. The van der Waals surface area contributed by atoms with Gasteiger partial charge in [-0.2, -0.15) is 0 Å². The molecule has 0 radical (unpaired) electrons. The minimum atomic E-state index is -0.243. The fourth-order valence-corrected chi connectivity index (χ4v) is 2.20. The number of thiazole rings is 1. The number of hydrogen-bond acceptors (Lipinski definition) is 3. The van der Waals surface area contributed by atoms with Crippen LogP contribution in [-0.2, 0) is 12.0 Å². The number of nitrogens with zero attached hydrogens (tertiary/aromatic N) is 1. The van der Waals surface area contributed by atoms with Gasteiger partial charge in [0, 0.05) is 23.0 Å². The van der Waals surface area contributed by atoms with E-state index in [0.717, 1.165) is 6.42 Å². The highest BCUT2D eigenvalue weighted by molar-refractivity contribution is 7.11. The fourth-order valence-electron chi connectivity index (χ4n) is 1.05. The average Bonchev–Trinajstić information content (AvgIpc) is 2.32. The summed E-state index contributed by atoms with van der Waals surface area (Å²) >= 11 is 1.73. The van der Waals surface area contributed by atoms with E-state index in [9.17, 15) is 0 Å². The van der Waals surface area contributed by atoms with Crippen molar-refractivity contribution in [2.75, 3.05) is 0 Å². The zero-order chi connectivity index (χ0) is 10.1. The Labute approximate surface area is 84.2 Å². The van der Waals surface area contributed by atoms with Crippen LogP contribution in [0.2, 0.25) is 0 Å². The lowest BCUT2D eigenvalue weighted by Gasteiger charge is -2.14. The molecule has 0 aliphatic heterocycles. The largest absolute Gasteiger partial charge is 0.321 e. The van der Waals surface area contributed by atoms with E-state index in [0.29, 0.717) is 5.92 Å². The maximum atomic E-state index is 5.97. The second-order valence-electron chi connectivity index (χ2n) is 4.44. The number of nitrogens with two attached hydrogens (primary N) is 1. The van der Waals surface area contributed by atoms with Crippen molar-refractivity contribution in [1.29, 1.82) is 0 Å². The molecule has 0 bridgehead atoms. The second-order valence-corrected chi connectivity index (χ2v) is 5.55. The summed E-state index contributed by atoms with van der Waals surface area (Å²) in [6.45, 7) is 8.43. The van der Waals surface area contributed by atoms with Crippen LogP contribution in [0.5, 0.6) is 0 Å². The van der Waals surface area contributed by atoms with Crippen molar-refractivity contribution < 1.29 is 0 Å². The molecule has 0 aliphatic carbocycles. The second kappa shape index (κ2) is 3.76. The lowest BCUT2D eigenvalue weighted by Crippen LogP contribution is -2.27. The molecule has 2 nitrogen and oxygen atoms in total. The molecule has 13 heavy (non-hydrogen) atoms. The lowest BCUT2D eigenvalue weighted by molar-refractivity contribution is 0.566. The average molecular weight is 198 g/mol. The van der Waals surface area contributed by atoms with Gasteiger partial charge in [-0.25, -0.2) is 4.98 Å². The first kappa shape index (κ1) is 10.7. The molecule has 74 valence electrons. The van der Waals surface area contributed by atoms with Gasteiger partial charge in [-0.15, -0.1) is 11.3 Å². The van der Waals surface area contributed by atoms with Gasteiger partial charge in [-0.1, -0.05) is 13.8 Å². The minimum absolute atomic E-state index is 0.243. The van der Waals surface area contributed by atoms with Gasteiger partial charge in [0.15, 0.2) is 0 Å². The standard InChI is InChI=1S/C10H18N2S/c1-7(2)5-9-12-6-8(13-9)10(3,4)11/h6-7H,5,11H2,1-4H3. The van der Waals surface area contributed by atoms with Gasteiger partial charge in [-0.05, 0) is 19.8 Å². The normalized spacial score (nSPS) is 12.5. The number of aromatic nitrogens is 1. The Morgan fingerprint density at radius 3 is 2.54 bits per heavy atom. The molecule has 2 N–H and O–H groups in total. The molecule has 0 saturated carbocycles. The first-order chi connectivity index (χ1) is 5.89. The van der Waals surface area contributed by atoms with Crippen LogP contribution in [0.3, 0.4) is 0 Å². The smallest absolute Gasteiger partial charge is 0.0930 e. The maximum absolute atomic E-state index is 5.97. The van der Waals surface area contributed by atoms with Gasteiger partial charge in [0.05, 0.1) is 5.01 Å². The molecule has 0 unspecified atom stereocenters. The van der Waals surface area contributed by atoms with Crippen molar-refractivity contribution >= 4 is 11.3 Å². The summed E-state index contributed by atoms with van der Waals surface area (Å²) in [4.78, 5) is 5.53. The molecular formula is C10H18N2S. The summed E-state index contributed by atoms with van der Waals surface area (Å²) in [5, 5.41) is 1.20. The Morgan fingerprint density at radius 2 is 2.15 bits per heavy atom. The topological polar surface area (TPSA) is 38.9 Å². The van der Waals surface area contributed by atoms with Gasteiger partial charge in [0.25, 0.3) is 0 Å². The van der Waals surface area contributed by atoms with Crippen molar-refractivity contribution in [1.82, 2.24) is 4.98 Å². The van der Waals surface area contributed by atoms with Crippen molar-refractivity contribution in [3.05, 3.63) is 16.1 Å². The zero-order valence-corrected chi connectivity index (χ0v) is 9.61. The monoisotopic (exact) mass is 198 g/mol. The minimum Gasteiger partial charge on any atom is -0.321 e. The lowest BCUT2D eigenvalue weighted by atomic mass is 10.1. The van der Waals surface area contributed by atoms with Crippen LogP contribution in [0.1, 0.15) is 37.6 Å². The van der Waals surface area contributed by atoms with E-state index in [-0.39, 0.29) is 5.54 Å². The molecule has 0 aromatic carbocycles. The van der Waals surface area contributed by atoms with Gasteiger partial charge >= 0.3 is 0 Å². The van der Waals surface area contributed by atoms with E-state index in [1.807, 2.05) is 20.0 Å². The summed E-state index contributed by atoms with van der Waals surface area (Å²) in [6.07, 6.45) is 2.96. The zero-order valence-electron chi connectivity index (χ0n) is 8.79. The molecule has 1 heterocycles. The summed E-state index contributed by atoms with van der Waals surface area (Å²) in [6, 6.07) is 0. The molecule has 0 atom stereocenters. The van der Waals surface area contributed by atoms with E-state index in [1.165, 1.54) is 9.88 Å². The third-order valence-corrected chi connectivity index (χ3v) is 3.13. The van der Waals surface area contributed by atoms with E-state index < -0.39 is 0 Å². The van der Waals surface area contributed by atoms with Crippen molar-refractivity contribution in [2.45, 2.75) is 39.7 Å². The third-order valence-electron chi connectivity index (χ3n) is 1.77. The molecule has 0 saturated heterocycles. The first-order valence-electron chi connectivity index (χ1n) is 4.63. The Hall–Kier alpha value is -0.410. The predicted octanol–water partition coefficient (Wildman–Crippen LogP) is 2.54. The van der Waals surface area contributed by atoms with Crippen LogP contribution < -0.4 is 5.73 Å². The quantitative estimate of drug-likeness (QED) is 0.810. The maximum Gasteiger partial charge on any atom is 0.0930 e. The number of hydrogen-bond donors (Lipinski definition) is 1. The van der Waals surface area contributed by atoms with Crippen LogP contribution in [0.25, 0.3) is 0 Å². The Balaban J connectivity index is 2.75. The van der Waals surface area contributed by atoms with E-state index in [1.54, 1.807) is 11.3 Å². The SMILES string of the molecule is CC(C)Cc1ncc(C(C)(C)N)s1. The first-order valence-corrected chi connectivity index (χ1v) is 5.45. The molecule has 0 aliphatic rings.